The Hall–Kier alpha value is -2.84. The monoisotopic (exact) mass is 379 g/mol. The number of nitro groups is 1. The topological polar surface area (TPSA) is 85.2 Å². The lowest BCUT2D eigenvalue weighted by molar-refractivity contribution is -0.427. The van der Waals surface area contributed by atoms with Crippen LogP contribution in [0.5, 0.6) is 5.75 Å². The van der Waals surface area contributed by atoms with E-state index in [4.69, 9.17) is 9.47 Å². The second kappa shape index (κ2) is 7.05. The maximum absolute atomic E-state index is 14.9. The SMILES string of the molecule is CC(C)(C)OC(=O)N1CCN(c2ccc3c(c2F)OCC([N+](=O)[O-])=C3)CC1. The molecule has 8 nitrogen and oxygen atoms in total. The summed E-state index contributed by atoms with van der Waals surface area (Å²) in [6, 6.07) is 3.19. The Kier molecular flexibility index (Phi) is 4.95. The second-order valence-corrected chi connectivity index (χ2v) is 7.45. The number of benzene rings is 1. The van der Waals surface area contributed by atoms with Gasteiger partial charge in [0.2, 0.25) is 0 Å². The first kappa shape index (κ1) is 18.9. The fourth-order valence-electron chi connectivity index (χ4n) is 2.99. The number of carbonyl (C=O) groups excluding carboxylic acids is 1. The number of rotatable bonds is 2. The highest BCUT2D eigenvalue weighted by atomic mass is 19.1. The minimum absolute atomic E-state index is 0.0210. The number of anilines is 1. The molecule has 146 valence electrons. The normalized spacial score (nSPS) is 17.0. The number of piperazine rings is 1. The van der Waals surface area contributed by atoms with E-state index in [1.807, 2.05) is 25.7 Å². The maximum atomic E-state index is 14.9. The van der Waals surface area contributed by atoms with Gasteiger partial charge in [0.25, 0.3) is 5.70 Å². The van der Waals surface area contributed by atoms with Crippen molar-refractivity contribution >= 4 is 17.9 Å². The summed E-state index contributed by atoms with van der Waals surface area (Å²) in [6.07, 6.45) is 0.945. The summed E-state index contributed by atoms with van der Waals surface area (Å²) in [5.41, 5.74) is 0.0319. The van der Waals surface area contributed by atoms with Crippen molar-refractivity contribution in [2.75, 3.05) is 37.7 Å². The summed E-state index contributed by atoms with van der Waals surface area (Å²) in [7, 11) is 0. The van der Waals surface area contributed by atoms with E-state index in [0.717, 1.165) is 0 Å². The van der Waals surface area contributed by atoms with Crippen LogP contribution in [0.2, 0.25) is 0 Å². The number of ether oxygens (including phenoxy) is 2. The van der Waals surface area contributed by atoms with Crippen molar-refractivity contribution in [2.24, 2.45) is 0 Å². The van der Waals surface area contributed by atoms with E-state index in [9.17, 15) is 19.3 Å². The van der Waals surface area contributed by atoms with Crippen molar-refractivity contribution in [3.05, 3.63) is 39.3 Å². The van der Waals surface area contributed by atoms with Crippen LogP contribution in [0.1, 0.15) is 26.3 Å². The largest absolute Gasteiger partial charge is 0.479 e. The van der Waals surface area contributed by atoms with Crippen molar-refractivity contribution in [2.45, 2.75) is 26.4 Å². The van der Waals surface area contributed by atoms with Gasteiger partial charge in [0.1, 0.15) is 5.60 Å². The molecule has 0 spiro atoms. The minimum Gasteiger partial charge on any atom is -0.479 e. The fourth-order valence-corrected chi connectivity index (χ4v) is 2.99. The van der Waals surface area contributed by atoms with Crippen LogP contribution in [0.15, 0.2) is 17.8 Å². The van der Waals surface area contributed by atoms with Gasteiger partial charge in [-0.2, -0.15) is 0 Å². The van der Waals surface area contributed by atoms with E-state index in [-0.39, 0.29) is 24.1 Å². The molecule has 0 aliphatic carbocycles. The van der Waals surface area contributed by atoms with Crippen LogP contribution in [-0.4, -0.2) is 54.3 Å². The molecule has 0 atom stereocenters. The quantitative estimate of drug-likeness (QED) is 0.580. The van der Waals surface area contributed by atoms with Crippen molar-refractivity contribution in [1.82, 2.24) is 4.90 Å². The lowest BCUT2D eigenvalue weighted by Gasteiger charge is -2.37. The van der Waals surface area contributed by atoms with E-state index >= 15 is 0 Å². The van der Waals surface area contributed by atoms with Crippen LogP contribution in [0.4, 0.5) is 14.9 Å². The molecule has 0 radical (unpaired) electrons. The molecule has 1 aromatic rings. The van der Waals surface area contributed by atoms with Crippen LogP contribution in [0.3, 0.4) is 0 Å². The molecular formula is C18H22FN3O5. The number of carbonyl (C=O) groups is 1. The number of amides is 1. The van der Waals surface area contributed by atoms with Gasteiger partial charge in [0.05, 0.1) is 10.6 Å². The van der Waals surface area contributed by atoms with E-state index < -0.39 is 16.3 Å². The number of nitrogens with zero attached hydrogens (tertiary/aromatic N) is 3. The lowest BCUT2D eigenvalue weighted by atomic mass is 10.1. The average molecular weight is 379 g/mol. The maximum Gasteiger partial charge on any atom is 0.410 e. The van der Waals surface area contributed by atoms with E-state index in [0.29, 0.717) is 37.4 Å². The Bertz CT molecular complexity index is 795. The van der Waals surface area contributed by atoms with Crippen LogP contribution < -0.4 is 9.64 Å². The van der Waals surface area contributed by atoms with Crippen LogP contribution in [-0.2, 0) is 4.74 Å². The molecule has 3 rings (SSSR count). The predicted molar refractivity (Wildman–Crippen MR) is 96.9 cm³/mol. The van der Waals surface area contributed by atoms with Crippen molar-refractivity contribution in [3.8, 4) is 5.75 Å². The van der Waals surface area contributed by atoms with Crippen molar-refractivity contribution < 1.29 is 23.6 Å². The fraction of sp³-hybridized carbons (Fsp3) is 0.500. The summed E-state index contributed by atoms with van der Waals surface area (Å²) in [6.45, 7) is 6.88. The summed E-state index contributed by atoms with van der Waals surface area (Å²) >= 11 is 0. The molecule has 1 amide bonds. The molecule has 2 aliphatic rings. The first-order chi connectivity index (χ1) is 12.7. The molecule has 0 unspecified atom stereocenters. The average Bonchev–Trinajstić information content (AvgIpc) is 2.60. The van der Waals surface area contributed by atoms with E-state index in [1.165, 1.54) is 6.08 Å². The standard InChI is InChI=1S/C18H22FN3O5/c1-18(2,3)27-17(23)21-8-6-20(7-9-21)14-5-4-12-10-13(22(24)25)11-26-16(12)15(14)19/h4-5,10H,6-9,11H2,1-3H3. The molecule has 1 saturated heterocycles. The van der Waals surface area contributed by atoms with Crippen molar-refractivity contribution in [3.63, 3.8) is 0 Å². The molecule has 0 aromatic heterocycles. The zero-order valence-corrected chi connectivity index (χ0v) is 15.5. The van der Waals surface area contributed by atoms with Gasteiger partial charge in [-0.05, 0) is 32.9 Å². The van der Waals surface area contributed by atoms with E-state index in [1.54, 1.807) is 17.0 Å². The third-order valence-electron chi connectivity index (χ3n) is 4.30. The van der Waals surface area contributed by atoms with Gasteiger partial charge in [0.15, 0.2) is 18.2 Å². The summed E-state index contributed by atoms with van der Waals surface area (Å²) in [5.74, 6) is -0.524. The molecule has 1 aromatic carbocycles. The van der Waals surface area contributed by atoms with Gasteiger partial charge in [-0.15, -0.1) is 0 Å². The molecule has 2 aliphatic heterocycles. The molecule has 2 heterocycles. The Morgan fingerprint density at radius 1 is 1.26 bits per heavy atom. The van der Waals surface area contributed by atoms with Gasteiger partial charge >= 0.3 is 6.09 Å². The zero-order valence-electron chi connectivity index (χ0n) is 15.5. The summed E-state index contributed by atoms with van der Waals surface area (Å²) in [4.78, 5) is 25.9. The zero-order chi connectivity index (χ0) is 19.8. The second-order valence-electron chi connectivity index (χ2n) is 7.45. The highest BCUT2D eigenvalue weighted by Crippen LogP contribution is 2.35. The third kappa shape index (κ3) is 4.12. The molecule has 27 heavy (non-hydrogen) atoms. The predicted octanol–water partition coefficient (Wildman–Crippen LogP) is 2.89. The van der Waals surface area contributed by atoms with Gasteiger partial charge in [-0.1, -0.05) is 0 Å². The molecule has 0 saturated carbocycles. The van der Waals surface area contributed by atoms with Gasteiger partial charge in [-0.3, -0.25) is 10.1 Å². The number of fused-ring (bicyclic) bond motifs is 1. The van der Waals surface area contributed by atoms with Gasteiger partial charge < -0.3 is 19.3 Å². The molecular weight excluding hydrogens is 357 g/mol. The highest BCUT2D eigenvalue weighted by Gasteiger charge is 2.29. The smallest absolute Gasteiger partial charge is 0.410 e. The van der Waals surface area contributed by atoms with Gasteiger partial charge in [-0.25, -0.2) is 9.18 Å². The summed E-state index contributed by atoms with van der Waals surface area (Å²) < 4.78 is 25.5. The van der Waals surface area contributed by atoms with Crippen LogP contribution in [0, 0.1) is 15.9 Å². The lowest BCUT2D eigenvalue weighted by Crippen LogP contribution is -2.50. The molecule has 9 heteroatoms. The Morgan fingerprint density at radius 3 is 2.52 bits per heavy atom. The Balaban J connectivity index is 1.71. The van der Waals surface area contributed by atoms with Crippen molar-refractivity contribution in [1.29, 1.82) is 0 Å². The molecule has 0 N–H and O–H groups in total. The first-order valence-corrected chi connectivity index (χ1v) is 8.69. The minimum atomic E-state index is -0.563. The highest BCUT2D eigenvalue weighted by molar-refractivity contribution is 5.70. The molecule has 1 fully saturated rings. The number of hydrogen-bond donors (Lipinski definition) is 0. The van der Waals surface area contributed by atoms with Gasteiger partial charge in [0, 0.05) is 37.8 Å². The van der Waals surface area contributed by atoms with E-state index in [2.05, 4.69) is 0 Å². The summed E-state index contributed by atoms with van der Waals surface area (Å²) in [5, 5.41) is 10.8. The first-order valence-electron chi connectivity index (χ1n) is 8.69. The number of halogens is 1. The number of hydrogen-bond acceptors (Lipinski definition) is 6. The third-order valence-corrected chi connectivity index (χ3v) is 4.30. The molecule has 0 bridgehead atoms. The van der Waals surface area contributed by atoms with Crippen LogP contribution in [0.25, 0.3) is 6.08 Å². The Labute approximate surface area is 156 Å². The Morgan fingerprint density at radius 2 is 1.93 bits per heavy atom. The van der Waals surface area contributed by atoms with Crippen LogP contribution >= 0.6 is 0 Å².